The molecule has 0 atom stereocenters. The van der Waals surface area contributed by atoms with Crippen LogP contribution in [0, 0.1) is 20.5 Å². The molecular formula is C70H70Cl8N8Ni2O12S2. The van der Waals surface area contributed by atoms with Crippen LogP contribution < -0.4 is 47.5 Å². The first-order valence-corrected chi connectivity index (χ1v) is 37.9. The maximum absolute atomic E-state index is 9.63. The van der Waals surface area contributed by atoms with Crippen molar-refractivity contribution in [2.24, 2.45) is 0 Å². The number of nitrogens with zero attached hydrogens (tertiary/aromatic N) is 8. The molecule has 10 aromatic rings. The Hall–Kier alpha value is -5.67. The van der Waals surface area contributed by atoms with Gasteiger partial charge in [0.1, 0.15) is 0 Å². The summed E-state index contributed by atoms with van der Waals surface area (Å²) in [5.41, 5.74) is 14.6. The number of benzene rings is 4. The number of thioether (sulfide) groups is 2. The first kappa shape index (κ1) is 96.3. The number of hydrogen-bond donors (Lipinski definition) is 0. The average Bonchev–Trinajstić information content (AvgIpc) is 0.852. The van der Waals surface area contributed by atoms with Gasteiger partial charge in [0.05, 0.1) is 67.6 Å². The van der Waals surface area contributed by atoms with Crippen molar-refractivity contribution in [3.8, 4) is 45.0 Å². The van der Waals surface area contributed by atoms with Crippen LogP contribution in [0.15, 0.2) is 243 Å². The van der Waals surface area contributed by atoms with Crippen LogP contribution in [-0.4, -0.2) is 86.3 Å². The van der Waals surface area contributed by atoms with Gasteiger partial charge in [0.25, 0.3) is 0 Å². The minimum absolute atomic E-state index is 0. The molecule has 32 heteroatoms. The second-order valence-corrected chi connectivity index (χ2v) is 24.7. The average molecular weight is 1680 g/mol. The minimum atomic E-state index is -4.94. The van der Waals surface area contributed by atoms with Crippen LogP contribution >= 0.6 is 91.6 Å². The Balaban J connectivity index is 0.00000139. The normalized spacial score (nSPS) is 10.1. The zero-order valence-electron chi connectivity index (χ0n) is 54.5. The number of carbonyl (C=O) groups excluding carboxylic acids is 2. The van der Waals surface area contributed by atoms with Gasteiger partial charge >= 0.3 is 33.0 Å². The first-order valence-electron chi connectivity index (χ1n) is 29.3. The fourth-order valence-electron chi connectivity index (χ4n) is 8.41. The number of rotatable bonds is 22. The van der Waals surface area contributed by atoms with Gasteiger partial charge < -0.3 is 19.8 Å². The van der Waals surface area contributed by atoms with Gasteiger partial charge in [-0.2, -0.15) is 23.5 Å². The molecule has 20 nitrogen and oxygen atoms in total. The molecule has 102 heavy (non-hydrogen) atoms. The fourth-order valence-corrected chi connectivity index (χ4v) is 9.16. The second kappa shape index (κ2) is 58.6. The molecule has 0 aliphatic carbocycles. The fraction of sp³-hybridized carbons (Fsp3) is 0.200. The smallest absolute Gasteiger partial charge is 0.550 e. The van der Waals surface area contributed by atoms with E-state index in [0.717, 1.165) is 92.3 Å². The molecule has 4 aromatic carbocycles. The van der Waals surface area contributed by atoms with Gasteiger partial charge in [0, 0.05) is 108 Å². The van der Waals surface area contributed by atoms with Gasteiger partial charge in [0.2, 0.25) is 0 Å². The topological polar surface area (TPSA) is 349 Å². The van der Waals surface area contributed by atoms with Crippen molar-refractivity contribution in [2.45, 2.75) is 52.1 Å². The maximum Gasteiger partial charge on any atom is 2.00 e. The van der Waals surface area contributed by atoms with Crippen LogP contribution in [-0.2, 0) is 81.8 Å². The monoisotopic (exact) mass is 1670 g/mol. The van der Waals surface area contributed by atoms with Crippen LogP contribution in [0.4, 0.5) is 0 Å². The zero-order chi connectivity index (χ0) is 73.8. The van der Waals surface area contributed by atoms with Gasteiger partial charge in [0.15, 0.2) is 0 Å². The Morgan fingerprint density at radius 1 is 0.343 bits per heavy atom. The Morgan fingerprint density at radius 3 is 0.716 bits per heavy atom. The van der Waals surface area contributed by atoms with Crippen molar-refractivity contribution in [3.63, 3.8) is 0 Å². The summed E-state index contributed by atoms with van der Waals surface area (Å²) in [4.78, 5) is 52.8. The molecule has 0 aliphatic heterocycles. The Labute approximate surface area is 657 Å². The Bertz CT molecular complexity index is 3330. The Kier molecular flexibility index (Phi) is 55.3. The van der Waals surface area contributed by atoms with Crippen molar-refractivity contribution in [3.05, 3.63) is 277 Å². The number of pyridine rings is 6. The number of carbonyl (C=O) groups is 2. The summed E-state index contributed by atoms with van der Waals surface area (Å²) in [6.45, 7) is 4.25. The summed E-state index contributed by atoms with van der Waals surface area (Å²) in [7, 11) is -1.67. The van der Waals surface area contributed by atoms with Crippen LogP contribution in [0.3, 0.4) is 0 Å². The van der Waals surface area contributed by atoms with Crippen molar-refractivity contribution in [1.29, 1.82) is 0 Å². The molecule has 0 radical (unpaired) electrons. The third-order valence-corrected chi connectivity index (χ3v) is 13.5. The molecule has 550 valence electrons. The molecule has 10 rings (SSSR count). The molecule has 6 aromatic heterocycles. The summed E-state index contributed by atoms with van der Waals surface area (Å²) in [5, 5.41) is 19.7. The van der Waals surface area contributed by atoms with E-state index in [4.69, 9.17) is 104 Å². The summed E-state index contributed by atoms with van der Waals surface area (Å²) < 4.78 is 67.9. The van der Waals surface area contributed by atoms with E-state index in [-0.39, 0.29) is 56.5 Å². The third kappa shape index (κ3) is 48.4. The largest absolute Gasteiger partial charge is 2.00 e. The number of halogens is 8. The molecule has 0 saturated heterocycles. The van der Waals surface area contributed by atoms with Gasteiger partial charge in [-0.05, 0) is 110 Å². The summed E-state index contributed by atoms with van der Waals surface area (Å²) >= 11 is 22.1. The van der Waals surface area contributed by atoms with Gasteiger partial charge in [-0.15, -0.1) is 66.9 Å². The number of carboxylic acid groups (broad SMARTS) is 2. The van der Waals surface area contributed by atoms with E-state index in [1.165, 1.54) is 23.5 Å². The van der Waals surface area contributed by atoms with Gasteiger partial charge in [-0.1, -0.05) is 158 Å². The van der Waals surface area contributed by atoms with E-state index in [2.05, 4.69) is 175 Å². The van der Waals surface area contributed by atoms with E-state index in [0.29, 0.717) is 37.7 Å². The number of carboxylic acids is 2. The van der Waals surface area contributed by atoms with Gasteiger partial charge in [-0.25, -0.2) is 37.3 Å². The number of hydrogen-bond acceptors (Lipinski definition) is 22. The van der Waals surface area contributed by atoms with Crippen molar-refractivity contribution < 1.29 is 111 Å². The molecule has 0 N–H and O–H groups in total. The van der Waals surface area contributed by atoms with E-state index in [9.17, 15) is 19.8 Å². The number of alkyl halides is 4. The van der Waals surface area contributed by atoms with Crippen LogP contribution in [0.2, 0.25) is 0 Å². The number of aromatic nitrogens is 6. The summed E-state index contributed by atoms with van der Waals surface area (Å²) in [6.07, 6.45) is 7.75. The van der Waals surface area contributed by atoms with E-state index < -0.39 is 32.4 Å². The maximum atomic E-state index is 9.63. The Morgan fingerprint density at radius 2 is 0.539 bits per heavy atom. The molecule has 6 heterocycles. The van der Waals surface area contributed by atoms with Gasteiger partial charge in [-0.3, -0.25) is 39.7 Å². The molecule has 0 amide bonds. The van der Waals surface area contributed by atoms with E-state index in [1.807, 2.05) is 122 Å². The SMILES string of the molecule is CSCCC(=O)[O-].CSCCC(=O)[O-].ClCCl.ClCCl.ClCl.[Ni+2].[Ni+2].[O-][Cl+3]([O-])([O-])[O-].[O-][Cl+3]([O-])([O-])[O-].c1ccc(-c2cccc(CN(Cc3ccccn3)Cc3cccc(-c4ccccc4)n3)n2)cc1.c1ccc(-c2cccc(CN(Cc3ccccn3)Cc3cccc(-c4ccccc4)n3)n2)cc1. The van der Waals surface area contributed by atoms with Crippen LogP contribution in [0.5, 0.6) is 0 Å². The molecule has 0 unspecified atom stereocenters. The summed E-state index contributed by atoms with van der Waals surface area (Å²) in [6, 6.07) is 78.2. The van der Waals surface area contributed by atoms with Crippen molar-refractivity contribution >= 4 is 104 Å². The molecule has 0 fully saturated rings. The quantitative estimate of drug-likeness (QED) is 0.0516. The summed E-state index contributed by atoms with van der Waals surface area (Å²) in [5.74, 6) is -0.617. The third-order valence-electron chi connectivity index (χ3n) is 12.3. The zero-order valence-corrected chi connectivity index (χ0v) is 64.2. The molecule has 0 bridgehead atoms. The van der Waals surface area contributed by atoms with Crippen molar-refractivity contribution in [2.75, 3.05) is 34.7 Å². The molecule has 0 spiro atoms. The standard InChI is InChI=1S/2C30H26N4.2C4H8O2S.2CH2Cl2.Cl2.2ClHO4.2Ni/c2*1-3-11-24(12-4-1)29-18-9-16-27(32-29)22-34(21-26-15-7-8-20-31-26)23-28-17-10-19-30(33-28)25-13-5-2-6-14-25;2*1-7-3-2-4(5)6;2*2-1-3;1-2;2*2-1(3,4)5;;/h2*1-20H,21-23H2;2*2-3H2,1H3,(H,5,6);2*1H2;;2*(H,2,3,4,5);;/q;;;;;;;;;2*+2/p-4. The predicted molar refractivity (Wildman–Crippen MR) is 374 cm³/mol. The van der Waals surface area contributed by atoms with Crippen LogP contribution in [0.25, 0.3) is 45.0 Å². The molecule has 0 aliphatic rings. The van der Waals surface area contributed by atoms with Crippen LogP contribution in [0.1, 0.15) is 47.0 Å². The predicted octanol–water partition coefficient (Wildman–Crippen LogP) is 6.50. The minimum Gasteiger partial charge on any atom is -0.550 e. The van der Waals surface area contributed by atoms with Crippen molar-refractivity contribution in [1.82, 2.24) is 39.7 Å². The van der Waals surface area contributed by atoms with E-state index >= 15 is 0 Å². The molecular weight excluding hydrogens is 1610 g/mol. The molecule has 0 saturated carbocycles. The second-order valence-electron chi connectivity index (χ2n) is 19.6. The number of aliphatic carboxylic acids is 2. The van der Waals surface area contributed by atoms with E-state index in [1.54, 1.807) is 0 Å². The first-order chi connectivity index (χ1) is 48.0.